The van der Waals surface area contributed by atoms with E-state index < -0.39 is 17.8 Å². The third kappa shape index (κ3) is 5.72. The zero-order chi connectivity index (χ0) is 25.8. The van der Waals surface area contributed by atoms with Gasteiger partial charge in [0.1, 0.15) is 12.2 Å². The van der Waals surface area contributed by atoms with Crippen LogP contribution >= 0.6 is 45.2 Å². The summed E-state index contributed by atoms with van der Waals surface area (Å²) in [4.78, 5) is 39.2. The second-order valence-electron chi connectivity index (χ2n) is 7.93. The molecular formula is C27H22I2N2O5. The maximum atomic E-state index is 13.2. The van der Waals surface area contributed by atoms with Gasteiger partial charge >= 0.3 is 6.03 Å². The molecule has 3 aromatic carbocycles. The number of methoxy groups -OCH3 is 1. The molecule has 1 aliphatic rings. The molecular weight excluding hydrogens is 686 g/mol. The van der Waals surface area contributed by atoms with Crippen molar-refractivity contribution in [2.45, 2.75) is 20.0 Å². The van der Waals surface area contributed by atoms with E-state index in [1.54, 1.807) is 24.3 Å². The molecule has 1 fully saturated rings. The Morgan fingerprint density at radius 2 is 1.61 bits per heavy atom. The molecule has 7 nitrogen and oxygen atoms in total. The van der Waals surface area contributed by atoms with Gasteiger partial charge in [0.25, 0.3) is 11.8 Å². The van der Waals surface area contributed by atoms with Gasteiger partial charge in [-0.25, -0.2) is 9.69 Å². The van der Waals surface area contributed by atoms with E-state index in [0.29, 0.717) is 29.4 Å². The van der Waals surface area contributed by atoms with Crippen molar-refractivity contribution in [3.8, 4) is 11.5 Å². The number of benzene rings is 3. The van der Waals surface area contributed by atoms with Crippen molar-refractivity contribution in [1.29, 1.82) is 0 Å². The van der Waals surface area contributed by atoms with Crippen LogP contribution in [0.15, 0.2) is 66.2 Å². The molecule has 4 amide bonds. The van der Waals surface area contributed by atoms with Crippen LogP contribution in [-0.2, 0) is 22.6 Å². The fraction of sp³-hybridized carbons (Fsp3) is 0.148. The van der Waals surface area contributed by atoms with Crippen molar-refractivity contribution in [2.75, 3.05) is 12.0 Å². The fourth-order valence-corrected chi connectivity index (χ4v) is 4.78. The molecule has 1 N–H and O–H groups in total. The number of urea groups is 1. The summed E-state index contributed by atoms with van der Waals surface area (Å²) in [6.45, 7) is 2.37. The number of hydrogen-bond acceptors (Lipinski definition) is 5. The van der Waals surface area contributed by atoms with Crippen molar-refractivity contribution in [3.05, 3.63) is 90.1 Å². The summed E-state index contributed by atoms with van der Waals surface area (Å²) < 4.78 is 13.4. The van der Waals surface area contributed by atoms with Gasteiger partial charge in [-0.2, -0.15) is 0 Å². The summed E-state index contributed by atoms with van der Waals surface area (Å²) in [6.07, 6.45) is 2.28. The normalized spacial score (nSPS) is 14.7. The molecule has 0 atom stereocenters. The summed E-state index contributed by atoms with van der Waals surface area (Å²) in [5.41, 5.74) is 2.88. The van der Waals surface area contributed by atoms with Gasteiger partial charge < -0.3 is 9.47 Å². The second kappa shape index (κ2) is 11.4. The van der Waals surface area contributed by atoms with Crippen LogP contribution in [0, 0.1) is 7.14 Å². The summed E-state index contributed by atoms with van der Waals surface area (Å²) in [5.74, 6) is -0.419. The molecule has 0 spiro atoms. The highest BCUT2D eigenvalue weighted by Crippen LogP contribution is 2.35. The van der Waals surface area contributed by atoms with Crippen molar-refractivity contribution in [2.24, 2.45) is 0 Å². The largest absolute Gasteiger partial charge is 0.493 e. The van der Waals surface area contributed by atoms with Crippen molar-refractivity contribution >= 4 is 74.8 Å². The summed E-state index contributed by atoms with van der Waals surface area (Å²) in [6, 6.07) is 17.8. The number of rotatable bonds is 7. The molecule has 3 aromatic rings. The molecule has 1 aliphatic heterocycles. The number of aryl methyl sites for hydroxylation is 1. The summed E-state index contributed by atoms with van der Waals surface area (Å²) in [5, 5.41) is 2.25. The number of ether oxygens (including phenoxy) is 2. The lowest BCUT2D eigenvalue weighted by Gasteiger charge is -2.26. The van der Waals surface area contributed by atoms with Crippen LogP contribution < -0.4 is 19.7 Å². The number of amides is 4. The first-order valence-corrected chi connectivity index (χ1v) is 13.2. The van der Waals surface area contributed by atoms with Crippen LogP contribution in [0.3, 0.4) is 0 Å². The Kier molecular flexibility index (Phi) is 8.29. The van der Waals surface area contributed by atoms with Crippen molar-refractivity contribution < 1.29 is 23.9 Å². The number of anilines is 1. The Hall–Kier alpha value is -2.93. The predicted octanol–water partition coefficient (Wildman–Crippen LogP) is 5.71. The molecule has 0 aliphatic carbocycles. The highest BCUT2D eigenvalue weighted by atomic mass is 127. The predicted molar refractivity (Wildman–Crippen MR) is 154 cm³/mol. The van der Waals surface area contributed by atoms with Crippen LogP contribution in [-0.4, -0.2) is 25.0 Å². The first kappa shape index (κ1) is 26.1. The van der Waals surface area contributed by atoms with Crippen LogP contribution in [0.2, 0.25) is 0 Å². The Morgan fingerprint density at radius 1 is 0.944 bits per heavy atom. The van der Waals surface area contributed by atoms with Gasteiger partial charge in [0.2, 0.25) is 0 Å². The molecule has 4 rings (SSSR count). The molecule has 36 heavy (non-hydrogen) atoms. The molecule has 9 heteroatoms. The zero-order valence-electron chi connectivity index (χ0n) is 19.5. The van der Waals surface area contributed by atoms with E-state index in [9.17, 15) is 14.4 Å². The molecule has 0 saturated carbocycles. The third-order valence-corrected chi connectivity index (χ3v) is 7.08. The van der Waals surface area contributed by atoms with Gasteiger partial charge in [-0.15, -0.1) is 0 Å². The minimum absolute atomic E-state index is 0.153. The fourth-order valence-electron chi connectivity index (χ4n) is 3.64. The van der Waals surface area contributed by atoms with E-state index in [2.05, 4.69) is 50.5 Å². The number of carbonyl (C=O) groups excluding carboxylic acids is 3. The quantitative estimate of drug-likeness (QED) is 0.193. The van der Waals surface area contributed by atoms with Gasteiger partial charge in [0.15, 0.2) is 11.5 Å². The average molecular weight is 708 g/mol. The SMILES string of the molecule is CCc1ccc(N2C(=O)NC(=O)/C(=C/c3cc(I)c(OCc4ccc(I)cc4)c(OC)c3)C2=O)cc1. The number of barbiturate groups is 1. The van der Waals surface area contributed by atoms with E-state index in [1.807, 2.05) is 43.3 Å². The molecule has 0 aromatic heterocycles. The minimum Gasteiger partial charge on any atom is -0.493 e. The maximum absolute atomic E-state index is 13.2. The second-order valence-corrected chi connectivity index (χ2v) is 10.3. The average Bonchev–Trinajstić information content (AvgIpc) is 2.87. The van der Waals surface area contributed by atoms with E-state index in [4.69, 9.17) is 9.47 Å². The Balaban J connectivity index is 1.62. The number of carbonyl (C=O) groups is 3. The number of nitrogens with zero attached hydrogens (tertiary/aromatic N) is 1. The van der Waals surface area contributed by atoms with E-state index >= 15 is 0 Å². The first-order valence-electron chi connectivity index (χ1n) is 11.1. The highest BCUT2D eigenvalue weighted by molar-refractivity contribution is 14.1. The third-order valence-electron chi connectivity index (χ3n) is 5.56. The maximum Gasteiger partial charge on any atom is 0.335 e. The van der Waals surface area contributed by atoms with Crippen LogP contribution in [0.5, 0.6) is 11.5 Å². The number of hydrogen-bond donors (Lipinski definition) is 1. The summed E-state index contributed by atoms with van der Waals surface area (Å²) in [7, 11) is 1.53. The van der Waals surface area contributed by atoms with Gasteiger partial charge in [-0.3, -0.25) is 14.9 Å². The Labute approximate surface area is 236 Å². The molecule has 184 valence electrons. The van der Waals surface area contributed by atoms with Crippen molar-refractivity contribution in [3.63, 3.8) is 0 Å². The molecule has 0 unspecified atom stereocenters. The zero-order valence-corrected chi connectivity index (χ0v) is 23.8. The standard InChI is InChI=1S/C27H22I2N2O5/c1-3-16-6-10-20(11-7-16)31-26(33)21(25(32)30-27(31)34)12-18-13-22(29)24(23(14-18)35-2)36-15-17-4-8-19(28)9-5-17/h4-14H,3,15H2,1-2H3,(H,30,32,34)/b21-12-. The summed E-state index contributed by atoms with van der Waals surface area (Å²) >= 11 is 4.37. The molecule has 0 bridgehead atoms. The van der Waals surface area contributed by atoms with Crippen LogP contribution in [0.25, 0.3) is 6.08 Å². The molecule has 1 heterocycles. The number of halogens is 2. The molecule has 1 saturated heterocycles. The minimum atomic E-state index is -0.780. The number of nitrogens with one attached hydrogen (secondary N) is 1. The van der Waals surface area contributed by atoms with E-state index in [0.717, 1.165) is 29.6 Å². The first-order chi connectivity index (χ1) is 17.3. The molecule has 0 radical (unpaired) electrons. The smallest absolute Gasteiger partial charge is 0.335 e. The Bertz CT molecular complexity index is 1350. The Morgan fingerprint density at radius 3 is 2.25 bits per heavy atom. The lowest BCUT2D eigenvalue weighted by atomic mass is 10.1. The topological polar surface area (TPSA) is 84.9 Å². The van der Waals surface area contributed by atoms with E-state index in [-0.39, 0.29) is 5.57 Å². The van der Waals surface area contributed by atoms with Gasteiger partial charge in [0.05, 0.1) is 16.4 Å². The number of imide groups is 2. The van der Waals surface area contributed by atoms with E-state index in [1.165, 1.54) is 13.2 Å². The lowest BCUT2D eigenvalue weighted by Crippen LogP contribution is -2.54. The van der Waals surface area contributed by atoms with Crippen molar-refractivity contribution in [1.82, 2.24) is 5.32 Å². The van der Waals surface area contributed by atoms with Crippen LogP contribution in [0.4, 0.5) is 10.5 Å². The lowest BCUT2D eigenvalue weighted by molar-refractivity contribution is -0.122. The highest BCUT2D eigenvalue weighted by Gasteiger charge is 2.36. The van der Waals surface area contributed by atoms with Crippen LogP contribution in [0.1, 0.15) is 23.6 Å². The van der Waals surface area contributed by atoms with Gasteiger partial charge in [-0.1, -0.05) is 31.2 Å². The monoisotopic (exact) mass is 708 g/mol. The van der Waals surface area contributed by atoms with Gasteiger partial charge in [-0.05, 0) is 111 Å². The van der Waals surface area contributed by atoms with Gasteiger partial charge in [0, 0.05) is 3.57 Å².